The minimum absolute atomic E-state index is 0.294. The molecular formula is C15H25N3O. The minimum atomic E-state index is -0.361. The molecule has 0 aromatic carbocycles. The summed E-state index contributed by atoms with van der Waals surface area (Å²) in [6.45, 7) is 6.23. The molecule has 1 aliphatic heterocycles. The molecular weight excluding hydrogens is 238 g/mol. The van der Waals surface area contributed by atoms with Crippen molar-refractivity contribution in [1.29, 1.82) is 0 Å². The van der Waals surface area contributed by atoms with Crippen LogP contribution < -0.4 is 0 Å². The van der Waals surface area contributed by atoms with Crippen molar-refractivity contribution in [2.75, 3.05) is 13.1 Å². The number of likely N-dealkylation sites (tertiary alicyclic amines) is 1. The van der Waals surface area contributed by atoms with Gasteiger partial charge in [0.1, 0.15) is 0 Å². The van der Waals surface area contributed by atoms with E-state index in [1.54, 1.807) is 10.9 Å². The Labute approximate surface area is 115 Å². The van der Waals surface area contributed by atoms with E-state index in [4.69, 9.17) is 0 Å². The number of nitrogens with zero attached hydrogens (tertiary/aromatic N) is 3. The van der Waals surface area contributed by atoms with Gasteiger partial charge >= 0.3 is 0 Å². The first-order valence-electron chi connectivity index (χ1n) is 7.26. The highest BCUT2D eigenvalue weighted by Crippen LogP contribution is 2.22. The average Bonchev–Trinajstić information content (AvgIpc) is 2.63. The number of carbonyl (C=O) groups excluding carboxylic acids is 1. The molecule has 1 aromatic heterocycles. The van der Waals surface area contributed by atoms with Crippen LogP contribution in [-0.2, 0) is 18.3 Å². The molecule has 0 radical (unpaired) electrons. The third kappa shape index (κ3) is 3.44. The van der Waals surface area contributed by atoms with E-state index in [9.17, 15) is 4.79 Å². The van der Waals surface area contributed by atoms with Crippen LogP contribution in [0.25, 0.3) is 0 Å². The molecule has 2 heterocycles. The molecule has 106 valence electrons. The van der Waals surface area contributed by atoms with Crippen molar-refractivity contribution in [2.24, 2.45) is 7.05 Å². The van der Waals surface area contributed by atoms with E-state index in [0.29, 0.717) is 12.2 Å². The maximum Gasteiger partial charge on any atom is 0.156 e. The van der Waals surface area contributed by atoms with Crippen LogP contribution in [0.15, 0.2) is 12.4 Å². The highest BCUT2D eigenvalue weighted by Gasteiger charge is 2.34. The van der Waals surface area contributed by atoms with Crippen LogP contribution in [0.4, 0.5) is 0 Å². The Morgan fingerprint density at radius 1 is 1.26 bits per heavy atom. The summed E-state index contributed by atoms with van der Waals surface area (Å²) in [4.78, 5) is 14.9. The van der Waals surface area contributed by atoms with Gasteiger partial charge in [0.05, 0.1) is 11.7 Å². The second-order valence-corrected chi connectivity index (χ2v) is 6.08. The molecule has 0 aliphatic carbocycles. The standard InChI is InChI=1S/C15H25N3O/c1-15(2,18-8-6-4-5-7-9-18)14(19)10-13-11-16-17(3)12-13/h11-12H,4-10H2,1-3H3. The van der Waals surface area contributed by atoms with Gasteiger partial charge in [0, 0.05) is 19.7 Å². The summed E-state index contributed by atoms with van der Waals surface area (Å²) in [7, 11) is 1.88. The monoisotopic (exact) mass is 263 g/mol. The van der Waals surface area contributed by atoms with Gasteiger partial charge in [0.25, 0.3) is 0 Å². The molecule has 0 N–H and O–H groups in total. The molecule has 19 heavy (non-hydrogen) atoms. The Balaban J connectivity index is 2.02. The van der Waals surface area contributed by atoms with E-state index in [0.717, 1.165) is 18.7 Å². The fourth-order valence-electron chi connectivity index (χ4n) is 2.77. The summed E-state index contributed by atoms with van der Waals surface area (Å²) in [6.07, 6.45) is 9.21. The first-order chi connectivity index (χ1) is 9.00. The Kier molecular flexibility index (Phi) is 4.40. The van der Waals surface area contributed by atoms with Gasteiger partial charge in [0.15, 0.2) is 5.78 Å². The number of Topliss-reactive ketones (excluding diaryl/α,β-unsaturated/α-hetero) is 1. The molecule has 1 fully saturated rings. The summed E-state index contributed by atoms with van der Waals surface area (Å²) in [5.74, 6) is 0.294. The van der Waals surface area contributed by atoms with Crippen LogP contribution >= 0.6 is 0 Å². The van der Waals surface area contributed by atoms with Crippen LogP contribution in [0.2, 0.25) is 0 Å². The van der Waals surface area contributed by atoms with Gasteiger partial charge in [-0.1, -0.05) is 12.8 Å². The normalized spacial score (nSPS) is 18.3. The van der Waals surface area contributed by atoms with Crippen molar-refractivity contribution in [3.05, 3.63) is 18.0 Å². The van der Waals surface area contributed by atoms with Crippen LogP contribution in [0.3, 0.4) is 0 Å². The van der Waals surface area contributed by atoms with Crippen LogP contribution in [0, 0.1) is 0 Å². The van der Waals surface area contributed by atoms with E-state index in [-0.39, 0.29) is 5.54 Å². The predicted octanol–water partition coefficient (Wildman–Crippen LogP) is 2.19. The molecule has 4 nitrogen and oxygen atoms in total. The van der Waals surface area contributed by atoms with Crippen molar-refractivity contribution in [3.63, 3.8) is 0 Å². The molecule has 2 rings (SSSR count). The van der Waals surface area contributed by atoms with E-state index < -0.39 is 0 Å². The van der Waals surface area contributed by atoms with Gasteiger partial charge in [-0.05, 0) is 45.3 Å². The van der Waals surface area contributed by atoms with Crippen molar-refractivity contribution >= 4 is 5.78 Å². The van der Waals surface area contributed by atoms with E-state index >= 15 is 0 Å². The Bertz CT molecular complexity index is 428. The SMILES string of the molecule is Cn1cc(CC(=O)C(C)(C)N2CCCCCC2)cn1. The minimum Gasteiger partial charge on any atom is -0.297 e. The first kappa shape index (κ1) is 14.3. The fraction of sp³-hybridized carbons (Fsp3) is 0.733. The molecule has 0 amide bonds. The van der Waals surface area contributed by atoms with Gasteiger partial charge in [-0.3, -0.25) is 14.4 Å². The lowest BCUT2D eigenvalue weighted by atomic mass is 9.92. The molecule has 4 heteroatoms. The van der Waals surface area contributed by atoms with Crippen molar-refractivity contribution in [2.45, 2.75) is 51.5 Å². The molecule has 1 aromatic rings. The summed E-state index contributed by atoms with van der Waals surface area (Å²) >= 11 is 0. The van der Waals surface area contributed by atoms with Gasteiger partial charge in [-0.15, -0.1) is 0 Å². The van der Waals surface area contributed by atoms with Crippen LogP contribution in [0.1, 0.15) is 45.1 Å². The number of carbonyl (C=O) groups is 1. The third-order valence-electron chi connectivity index (χ3n) is 4.20. The van der Waals surface area contributed by atoms with Crippen LogP contribution in [-0.4, -0.2) is 39.1 Å². The Morgan fingerprint density at radius 3 is 2.42 bits per heavy atom. The largest absolute Gasteiger partial charge is 0.297 e. The second kappa shape index (κ2) is 5.87. The van der Waals surface area contributed by atoms with Crippen molar-refractivity contribution < 1.29 is 4.79 Å². The predicted molar refractivity (Wildman–Crippen MR) is 76.0 cm³/mol. The lowest BCUT2D eigenvalue weighted by Crippen LogP contribution is -2.51. The Hall–Kier alpha value is -1.16. The number of rotatable bonds is 4. The van der Waals surface area contributed by atoms with Gasteiger partial charge in [-0.25, -0.2) is 0 Å². The average molecular weight is 263 g/mol. The summed E-state index contributed by atoms with van der Waals surface area (Å²) in [5.41, 5.74) is 0.649. The van der Waals surface area contributed by atoms with Gasteiger partial charge in [-0.2, -0.15) is 5.10 Å². The van der Waals surface area contributed by atoms with E-state index in [1.807, 2.05) is 13.2 Å². The first-order valence-corrected chi connectivity index (χ1v) is 7.26. The number of ketones is 1. The second-order valence-electron chi connectivity index (χ2n) is 6.08. The molecule has 1 aliphatic rings. The molecule has 0 unspecified atom stereocenters. The number of hydrogen-bond donors (Lipinski definition) is 0. The number of aromatic nitrogens is 2. The van der Waals surface area contributed by atoms with E-state index in [2.05, 4.69) is 23.8 Å². The number of hydrogen-bond acceptors (Lipinski definition) is 3. The maximum atomic E-state index is 12.6. The molecule has 0 atom stereocenters. The van der Waals surface area contributed by atoms with E-state index in [1.165, 1.54) is 25.7 Å². The van der Waals surface area contributed by atoms with Gasteiger partial charge in [0.2, 0.25) is 0 Å². The van der Waals surface area contributed by atoms with Gasteiger partial charge < -0.3 is 0 Å². The van der Waals surface area contributed by atoms with Crippen LogP contribution in [0.5, 0.6) is 0 Å². The molecule has 0 saturated carbocycles. The Morgan fingerprint density at radius 2 is 1.89 bits per heavy atom. The topological polar surface area (TPSA) is 38.1 Å². The summed E-state index contributed by atoms with van der Waals surface area (Å²) in [5, 5.41) is 4.13. The zero-order chi connectivity index (χ0) is 13.9. The lowest BCUT2D eigenvalue weighted by molar-refractivity contribution is -0.128. The number of aryl methyl sites for hydroxylation is 1. The smallest absolute Gasteiger partial charge is 0.156 e. The molecule has 0 spiro atoms. The molecule has 0 bridgehead atoms. The summed E-state index contributed by atoms with van der Waals surface area (Å²) in [6, 6.07) is 0. The quantitative estimate of drug-likeness (QED) is 0.835. The zero-order valence-corrected chi connectivity index (χ0v) is 12.4. The lowest BCUT2D eigenvalue weighted by Gasteiger charge is -2.36. The highest BCUT2D eigenvalue weighted by atomic mass is 16.1. The zero-order valence-electron chi connectivity index (χ0n) is 12.4. The summed E-state index contributed by atoms with van der Waals surface area (Å²) < 4.78 is 1.75. The van der Waals surface area contributed by atoms with Crippen molar-refractivity contribution in [1.82, 2.24) is 14.7 Å². The fourth-order valence-corrected chi connectivity index (χ4v) is 2.77. The highest BCUT2D eigenvalue weighted by molar-refractivity contribution is 5.89. The molecule has 1 saturated heterocycles. The maximum absolute atomic E-state index is 12.6. The van der Waals surface area contributed by atoms with Crippen molar-refractivity contribution in [3.8, 4) is 0 Å². The third-order valence-corrected chi connectivity index (χ3v) is 4.20.